The van der Waals surface area contributed by atoms with Crippen molar-refractivity contribution in [2.45, 2.75) is 0 Å². The Morgan fingerprint density at radius 2 is 1.00 bits per heavy atom. The predicted octanol–water partition coefficient (Wildman–Crippen LogP) is -5.12. The zero-order chi connectivity index (χ0) is 15.7. The summed E-state index contributed by atoms with van der Waals surface area (Å²) in [5.41, 5.74) is 0. The molecule has 0 aromatic heterocycles. The van der Waals surface area contributed by atoms with Crippen molar-refractivity contribution in [3.05, 3.63) is 0 Å². The summed E-state index contributed by atoms with van der Waals surface area (Å²) in [6, 6.07) is 0. The molecule has 0 radical (unpaired) electrons. The van der Waals surface area contributed by atoms with Gasteiger partial charge in [0.25, 0.3) is 0 Å². The molecule has 0 spiro atoms. The maximum absolute atomic E-state index is 10.5. The van der Waals surface area contributed by atoms with Gasteiger partial charge in [-0.05, 0) is 0 Å². The molecule has 0 fully saturated rings. The van der Waals surface area contributed by atoms with E-state index < -0.39 is 50.1 Å². The number of hydrogen-bond donors (Lipinski definition) is 2. The van der Waals surface area contributed by atoms with E-state index in [2.05, 4.69) is 0 Å². The van der Waals surface area contributed by atoms with Crippen LogP contribution in [0.15, 0.2) is 0 Å². The Labute approximate surface area is 155 Å². The third-order valence-corrected chi connectivity index (χ3v) is 2.16. The van der Waals surface area contributed by atoms with Crippen molar-refractivity contribution < 1.29 is 59.1 Å². The average Bonchev–Trinajstić information content (AvgIpc) is 2.22. The van der Waals surface area contributed by atoms with Gasteiger partial charge in [0.15, 0.2) is 0 Å². The van der Waals surface area contributed by atoms with Gasteiger partial charge in [-0.3, -0.25) is 19.4 Å². The fourth-order valence-electron chi connectivity index (χ4n) is 1.46. The first-order valence-electron chi connectivity index (χ1n) is 5.48. The van der Waals surface area contributed by atoms with Crippen LogP contribution in [0.5, 0.6) is 0 Å². The third-order valence-electron chi connectivity index (χ3n) is 2.16. The van der Waals surface area contributed by atoms with Gasteiger partial charge in [0.05, 0.1) is 25.0 Å². The number of nitrogens with zero attached hydrogens (tertiary/aromatic N) is 2. The van der Waals surface area contributed by atoms with Crippen molar-refractivity contribution in [1.29, 1.82) is 0 Å². The van der Waals surface area contributed by atoms with Crippen LogP contribution in [0, 0.1) is 0 Å². The van der Waals surface area contributed by atoms with E-state index in [0.717, 1.165) is 9.80 Å². The molecule has 0 saturated carbocycles. The molecule has 0 aliphatic carbocycles. The van der Waals surface area contributed by atoms with E-state index in [-0.39, 0.29) is 55.6 Å². The van der Waals surface area contributed by atoms with Crippen LogP contribution in [0.3, 0.4) is 0 Å². The fourth-order valence-corrected chi connectivity index (χ4v) is 1.46. The van der Waals surface area contributed by atoms with Crippen molar-refractivity contribution >= 4 is 46.9 Å². The van der Waals surface area contributed by atoms with Crippen LogP contribution in [0.4, 0.5) is 0 Å². The molecule has 0 saturated heterocycles. The van der Waals surface area contributed by atoms with E-state index in [9.17, 15) is 29.4 Å². The topological polar surface area (TPSA) is 161 Å². The normalized spacial score (nSPS) is 9.73. The van der Waals surface area contributed by atoms with Gasteiger partial charge < -0.3 is 30.0 Å². The minimum Gasteiger partial charge on any atom is -0.549 e. The van der Waals surface area contributed by atoms with Crippen molar-refractivity contribution in [3.8, 4) is 0 Å². The summed E-state index contributed by atoms with van der Waals surface area (Å²) in [5.74, 6) is -5.52. The second kappa shape index (κ2) is 13.8. The van der Waals surface area contributed by atoms with Crippen molar-refractivity contribution in [1.82, 2.24) is 9.80 Å². The number of hydrogen-bond acceptors (Lipinski definition) is 8. The van der Waals surface area contributed by atoms with E-state index >= 15 is 0 Å². The Morgan fingerprint density at radius 3 is 1.23 bits per heavy atom. The second-order valence-electron chi connectivity index (χ2n) is 3.95. The number of carbonyl (C=O) groups is 4. The Bertz CT molecular complexity index is 327. The minimum absolute atomic E-state index is 0. The van der Waals surface area contributed by atoms with Crippen LogP contribution in [0.2, 0.25) is 0 Å². The predicted molar refractivity (Wildman–Crippen MR) is 63.9 cm³/mol. The van der Waals surface area contributed by atoms with Crippen LogP contribution in [0.1, 0.15) is 0 Å². The zero-order valence-electron chi connectivity index (χ0n) is 11.9. The first kappa shape index (κ1) is 26.1. The Hall–Kier alpha value is -0.810. The first-order valence-corrected chi connectivity index (χ1v) is 5.48. The molecule has 0 amide bonds. The van der Waals surface area contributed by atoms with Gasteiger partial charge >= 0.3 is 35.0 Å². The van der Waals surface area contributed by atoms with Gasteiger partial charge in [-0.15, -0.1) is 0 Å². The van der Waals surface area contributed by atoms with Gasteiger partial charge in [0, 0.05) is 45.7 Å². The monoisotopic (exact) mass is 378 g/mol. The number of carboxylic acid groups (broad SMARTS) is 4. The maximum atomic E-state index is 10.5. The molecule has 10 nitrogen and oxygen atoms in total. The van der Waals surface area contributed by atoms with E-state index in [1.807, 2.05) is 0 Å². The quantitative estimate of drug-likeness (QED) is 0.332. The van der Waals surface area contributed by atoms with Crippen LogP contribution >= 0.6 is 0 Å². The van der Waals surface area contributed by atoms with Crippen LogP contribution in [0.25, 0.3) is 0 Å². The molecule has 22 heavy (non-hydrogen) atoms. The van der Waals surface area contributed by atoms with Crippen molar-refractivity contribution in [2.24, 2.45) is 0 Å². The van der Waals surface area contributed by atoms with Crippen molar-refractivity contribution in [3.63, 3.8) is 0 Å². The smallest absolute Gasteiger partial charge is 0.549 e. The summed E-state index contributed by atoms with van der Waals surface area (Å²) >= 11 is 0. The second-order valence-corrected chi connectivity index (χ2v) is 3.95. The Kier molecular flexibility index (Phi) is 16.4. The largest absolute Gasteiger partial charge is 2.00 e. The SMILES string of the molecule is O=C([O-])CN(CCN(CC(=O)O)CC(=O)O)CC(=O)[O-].[Mg+2].[Zn]. The van der Waals surface area contributed by atoms with Crippen LogP contribution in [-0.2, 0) is 38.7 Å². The average molecular weight is 380 g/mol. The van der Waals surface area contributed by atoms with Gasteiger partial charge in [-0.25, -0.2) is 0 Å². The molecule has 0 heterocycles. The molecule has 0 aliphatic rings. The standard InChI is InChI=1S/C10H16N2O8.Mg.Zn/c13-7(14)3-11(4-8(15)16)1-2-12(5-9(17)18)6-10(19)20;;/h1-6H2,(H,13,14)(H,15,16)(H,17,18)(H,19,20);;/q;+2;/p-2. The van der Waals surface area contributed by atoms with Gasteiger partial charge in [-0.2, -0.15) is 0 Å². The maximum Gasteiger partial charge on any atom is 2.00 e. The van der Waals surface area contributed by atoms with E-state index in [1.54, 1.807) is 0 Å². The molecule has 12 heteroatoms. The first-order chi connectivity index (χ1) is 9.20. The molecular weight excluding hydrogens is 366 g/mol. The molecule has 0 unspecified atom stereocenters. The Balaban J connectivity index is -0.00000180. The summed E-state index contributed by atoms with van der Waals surface area (Å²) in [4.78, 5) is 43.9. The third kappa shape index (κ3) is 15.6. The summed E-state index contributed by atoms with van der Waals surface area (Å²) in [7, 11) is 0. The number of aliphatic carboxylic acids is 4. The molecule has 116 valence electrons. The van der Waals surface area contributed by atoms with Gasteiger partial charge in [0.2, 0.25) is 0 Å². The van der Waals surface area contributed by atoms with E-state index in [1.165, 1.54) is 0 Å². The van der Waals surface area contributed by atoms with Gasteiger partial charge in [-0.1, -0.05) is 0 Å². The zero-order valence-corrected chi connectivity index (χ0v) is 16.3. The molecule has 0 aromatic rings. The number of rotatable bonds is 11. The summed E-state index contributed by atoms with van der Waals surface area (Å²) in [6.07, 6.45) is 0. The Morgan fingerprint density at radius 1 is 0.727 bits per heavy atom. The molecule has 0 atom stereocenters. The minimum atomic E-state index is -1.51. The molecule has 0 aromatic carbocycles. The molecule has 2 N–H and O–H groups in total. The number of carboxylic acids is 4. The number of carbonyl (C=O) groups excluding carboxylic acids is 2. The van der Waals surface area contributed by atoms with E-state index in [4.69, 9.17) is 10.2 Å². The van der Waals surface area contributed by atoms with Crippen molar-refractivity contribution in [2.75, 3.05) is 39.3 Å². The summed E-state index contributed by atoms with van der Waals surface area (Å²) in [6.45, 7) is -2.75. The molecular formula is C10H14MgN2O8Zn. The molecule has 0 bridgehead atoms. The fraction of sp³-hybridized carbons (Fsp3) is 0.600. The van der Waals surface area contributed by atoms with Crippen LogP contribution < -0.4 is 10.2 Å². The van der Waals surface area contributed by atoms with Crippen LogP contribution in [-0.4, -0.2) is 106 Å². The van der Waals surface area contributed by atoms with E-state index in [0.29, 0.717) is 0 Å². The summed E-state index contributed by atoms with van der Waals surface area (Å²) < 4.78 is 0. The summed E-state index contributed by atoms with van der Waals surface area (Å²) in [5, 5.41) is 38.0. The molecule has 0 rings (SSSR count). The molecule has 0 aliphatic heterocycles. The van der Waals surface area contributed by atoms with Gasteiger partial charge in [0.1, 0.15) is 0 Å².